The molecule has 0 N–H and O–H groups in total. The number of hydrogen-bond donors (Lipinski definition) is 0. The zero-order chi connectivity index (χ0) is 16.9. The van der Waals surface area contributed by atoms with Crippen LogP contribution in [0.5, 0.6) is 0 Å². The summed E-state index contributed by atoms with van der Waals surface area (Å²) in [7, 11) is 0. The number of carbonyl (C=O) groups excluding carboxylic acids is 1. The Morgan fingerprint density at radius 2 is 1.92 bits per heavy atom. The third-order valence-corrected chi connectivity index (χ3v) is 4.26. The van der Waals surface area contributed by atoms with Crippen molar-refractivity contribution in [3.8, 4) is 0 Å². The molecule has 5 heteroatoms. The largest absolute Gasteiger partial charge is 0.337 e. The summed E-state index contributed by atoms with van der Waals surface area (Å²) < 4.78 is 0. The van der Waals surface area contributed by atoms with Gasteiger partial charge in [0.25, 0.3) is 5.91 Å². The summed E-state index contributed by atoms with van der Waals surface area (Å²) in [5, 5.41) is 0. The molecule has 0 fully saturated rings. The van der Waals surface area contributed by atoms with E-state index in [4.69, 9.17) is 0 Å². The van der Waals surface area contributed by atoms with Crippen molar-refractivity contribution in [1.29, 1.82) is 0 Å². The SMILES string of the molecule is CCCN(CCC)C(=O)c1ccnc(N2CCc3ccccc32)n1. The molecule has 0 bridgehead atoms. The van der Waals surface area contributed by atoms with Crippen molar-refractivity contribution in [3.63, 3.8) is 0 Å². The Balaban J connectivity index is 1.86. The van der Waals surface area contributed by atoms with E-state index in [2.05, 4.69) is 46.9 Å². The lowest BCUT2D eigenvalue weighted by atomic mass is 10.2. The first-order chi connectivity index (χ1) is 11.7. The molecular formula is C19H24N4O. The predicted molar refractivity (Wildman–Crippen MR) is 95.7 cm³/mol. The van der Waals surface area contributed by atoms with Crippen LogP contribution in [0.4, 0.5) is 11.6 Å². The molecule has 24 heavy (non-hydrogen) atoms. The van der Waals surface area contributed by atoms with Crippen molar-refractivity contribution in [2.45, 2.75) is 33.1 Å². The van der Waals surface area contributed by atoms with Gasteiger partial charge in [-0.15, -0.1) is 0 Å². The molecule has 1 aliphatic rings. The number of amides is 1. The predicted octanol–water partition coefficient (Wildman–Crippen LogP) is 3.43. The van der Waals surface area contributed by atoms with Gasteiger partial charge in [0.1, 0.15) is 5.69 Å². The van der Waals surface area contributed by atoms with E-state index in [9.17, 15) is 4.79 Å². The Morgan fingerprint density at radius 1 is 1.17 bits per heavy atom. The lowest BCUT2D eigenvalue weighted by Crippen LogP contribution is -2.33. The summed E-state index contributed by atoms with van der Waals surface area (Å²) in [5.41, 5.74) is 2.92. The second kappa shape index (κ2) is 7.43. The van der Waals surface area contributed by atoms with E-state index >= 15 is 0 Å². The van der Waals surface area contributed by atoms with Gasteiger partial charge in [-0.3, -0.25) is 4.79 Å². The van der Waals surface area contributed by atoms with Crippen molar-refractivity contribution in [2.24, 2.45) is 0 Å². The summed E-state index contributed by atoms with van der Waals surface area (Å²) in [6, 6.07) is 10.0. The number of benzene rings is 1. The molecule has 1 aromatic heterocycles. The number of para-hydroxylation sites is 1. The number of rotatable bonds is 6. The van der Waals surface area contributed by atoms with Crippen LogP contribution in [0.3, 0.4) is 0 Å². The van der Waals surface area contributed by atoms with Crippen LogP contribution < -0.4 is 4.90 Å². The first-order valence-electron chi connectivity index (χ1n) is 8.72. The van der Waals surface area contributed by atoms with Crippen molar-refractivity contribution < 1.29 is 4.79 Å². The van der Waals surface area contributed by atoms with Crippen LogP contribution in [0, 0.1) is 0 Å². The molecule has 2 aromatic rings. The van der Waals surface area contributed by atoms with Crippen LogP contribution in [0.25, 0.3) is 0 Å². The third kappa shape index (κ3) is 3.25. The maximum Gasteiger partial charge on any atom is 0.272 e. The highest BCUT2D eigenvalue weighted by molar-refractivity contribution is 5.92. The molecule has 1 amide bonds. The van der Waals surface area contributed by atoms with E-state index in [-0.39, 0.29) is 5.91 Å². The van der Waals surface area contributed by atoms with Gasteiger partial charge in [0.15, 0.2) is 0 Å². The number of fused-ring (bicyclic) bond motifs is 1. The minimum absolute atomic E-state index is 0.00479. The van der Waals surface area contributed by atoms with Gasteiger partial charge in [-0.25, -0.2) is 9.97 Å². The Hall–Kier alpha value is -2.43. The number of nitrogens with zero attached hydrogens (tertiary/aromatic N) is 4. The first kappa shape index (κ1) is 16.4. The molecule has 126 valence electrons. The van der Waals surface area contributed by atoms with E-state index < -0.39 is 0 Å². The summed E-state index contributed by atoms with van der Waals surface area (Å²) >= 11 is 0. The quantitative estimate of drug-likeness (QED) is 0.817. The van der Waals surface area contributed by atoms with Crippen molar-refractivity contribution in [3.05, 3.63) is 47.8 Å². The minimum atomic E-state index is -0.00479. The van der Waals surface area contributed by atoms with Gasteiger partial charge in [0.05, 0.1) is 0 Å². The monoisotopic (exact) mass is 324 g/mol. The van der Waals surface area contributed by atoms with Gasteiger partial charge in [0, 0.05) is 31.5 Å². The highest BCUT2D eigenvalue weighted by Gasteiger charge is 2.23. The second-order valence-corrected chi connectivity index (χ2v) is 6.06. The Morgan fingerprint density at radius 3 is 2.67 bits per heavy atom. The molecule has 0 aliphatic carbocycles. The minimum Gasteiger partial charge on any atom is -0.337 e. The highest BCUT2D eigenvalue weighted by atomic mass is 16.2. The number of anilines is 2. The molecule has 0 spiro atoms. The lowest BCUT2D eigenvalue weighted by Gasteiger charge is -2.22. The number of hydrogen-bond acceptors (Lipinski definition) is 4. The fourth-order valence-corrected chi connectivity index (χ4v) is 3.16. The van der Waals surface area contributed by atoms with E-state index in [1.807, 2.05) is 11.0 Å². The maximum absolute atomic E-state index is 12.8. The van der Waals surface area contributed by atoms with Gasteiger partial charge in [-0.2, -0.15) is 0 Å². The van der Waals surface area contributed by atoms with Gasteiger partial charge >= 0.3 is 0 Å². The third-order valence-electron chi connectivity index (χ3n) is 4.26. The summed E-state index contributed by atoms with van der Waals surface area (Å²) in [5.74, 6) is 0.605. The molecule has 0 saturated carbocycles. The standard InChI is InChI=1S/C19H24N4O/c1-3-12-22(13-4-2)18(24)16-9-11-20-19(21-16)23-14-10-15-7-5-6-8-17(15)23/h5-9,11H,3-4,10,12-14H2,1-2H3. The maximum atomic E-state index is 12.8. The summed E-state index contributed by atoms with van der Waals surface area (Å²) in [6.07, 6.45) is 4.56. The Labute approximate surface area is 143 Å². The average Bonchev–Trinajstić information content (AvgIpc) is 3.05. The first-order valence-corrected chi connectivity index (χ1v) is 8.72. The Bertz CT molecular complexity index is 710. The van der Waals surface area contributed by atoms with Gasteiger partial charge in [0.2, 0.25) is 5.95 Å². The van der Waals surface area contributed by atoms with E-state index in [0.29, 0.717) is 11.6 Å². The molecular weight excluding hydrogens is 300 g/mol. The molecule has 2 heterocycles. The number of aromatic nitrogens is 2. The molecule has 0 saturated heterocycles. The molecule has 3 rings (SSSR count). The van der Waals surface area contributed by atoms with E-state index in [1.54, 1.807) is 12.3 Å². The second-order valence-electron chi connectivity index (χ2n) is 6.06. The summed E-state index contributed by atoms with van der Waals surface area (Å²) in [4.78, 5) is 25.7. The van der Waals surface area contributed by atoms with Crippen molar-refractivity contribution in [1.82, 2.24) is 14.9 Å². The molecule has 1 aromatic carbocycles. The topological polar surface area (TPSA) is 49.3 Å². The van der Waals surface area contributed by atoms with E-state index in [1.165, 1.54) is 5.56 Å². The summed E-state index contributed by atoms with van der Waals surface area (Å²) in [6.45, 7) is 6.55. The van der Waals surface area contributed by atoms with Crippen LogP contribution in [0.15, 0.2) is 36.5 Å². The zero-order valence-corrected chi connectivity index (χ0v) is 14.4. The fraction of sp³-hybridized carbons (Fsp3) is 0.421. The van der Waals surface area contributed by atoms with Gasteiger partial charge < -0.3 is 9.80 Å². The van der Waals surface area contributed by atoms with Crippen LogP contribution in [-0.2, 0) is 6.42 Å². The lowest BCUT2D eigenvalue weighted by molar-refractivity contribution is 0.0749. The van der Waals surface area contributed by atoms with Gasteiger partial charge in [-0.05, 0) is 37.0 Å². The fourth-order valence-electron chi connectivity index (χ4n) is 3.16. The molecule has 5 nitrogen and oxygen atoms in total. The molecule has 0 unspecified atom stereocenters. The highest BCUT2D eigenvalue weighted by Crippen LogP contribution is 2.32. The van der Waals surface area contributed by atoms with Crippen LogP contribution in [-0.4, -0.2) is 40.4 Å². The smallest absolute Gasteiger partial charge is 0.272 e. The van der Waals surface area contributed by atoms with Crippen LogP contribution in [0.1, 0.15) is 42.7 Å². The van der Waals surface area contributed by atoms with Crippen molar-refractivity contribution >= 4 is 17.5 Å². The van der Waals surface area contributed by atoms with Crippen molar-refractivity contribution in [2.75, 3.05) is 24.5 Å². The molecule has 0 radical (unpaired) electrons. The van der Waals surface area contributed by atoms with Crippen LogP contribution in [0.2, 0.25) is 0 Å². The Kier molecular flexibility index (Phi) is 5.08. The normalized spacial score (nSPS) is 13.0. The molecule has 0 atom stereocenters. The molecule has 1 aliphatic heterocycles. The van der Waals surface area contributed by atoms with Gasteiger partial charge in [-0.1, -0.05) is 32.0 Å². The van der Waals surface area contributed by atoms with E-state index in [0.717, 1.165) is 44.6 Å². The average molecular weight is 324 g/mol. The van der Waals surface area contributed by atoms with Crippen LogP contribution >= 0.6 is 0 Å². The zero-order valence-electron chi connectivity index (χ0n) is 14.4. The number of carbonyl (C=O) groups is 1.